The zero-order valence-electron chi connectivity index (χ0n) is 6.96. The van der Waals surface area contributed by atoms with Gasteiger partial charge >= 0.3 is 0 Å². The van der Waals surface area contributed by atoms with E-state index < -0.39 is 16.1 Å². The molecule has 0 aliphatic rings. The maximum Gasteiger partial charge on any atom is 0.211 e. The minimum absolute atomic E-state index is 0.0147. The largest absolute Gasteiger partial charge is 0.395 e. The number of hydrogen-bond acceptors (Lipinski definition) is 3. The zero-order valence-corrected chi connectivity index (χ0v) is 8.53. The van der Waals surface area contributed by atoms with E-state index in [9.17, 15) is 8.42 Å². The molecule has 1 atom stereocenters. The van der Waals surface area contributed by atoms with Crippen LogP contribution in [0.1, 0.15) is 13.3 Å². The fourth-order valence-corrected chi connectivity index (χ4v) is 2.27. The van der Waals surface area contributed by atoms with Gasteiger partial charge in [0.2, 0.25) is 10.0 Å². The van der Waals surface area contributed by atoms with Gasteiger partial charge in [-0.2, -0.15) is 0 Å². The van der Waals surface area contributed by atoms with Crippen LogP contribution >= 0.6 is 11.6 Å². The maximum absolute atomic E-state index is 11.1. The lowest BCUT2D eigenvalue weighted by Crippen LogP contribution is -2.36. The molecule has 0 aromatic rings. The third-order valence-electron chi connectivity index (χ3n) is 1.20. The second kappa shape index (κ2) is 5.75. The highest BCUT2D eigenvalue weighted by Gasteiger charge is 2.12. The van der Waals surface area contributed by atoms with Crippen LogP contribution in [0.4, 0.5) is 0 Å². The van der Waals surface area contributed by atoms with Crippen molar-refractivity contribution in [1.29, 1.82) is 0 Å². The molecular weight excluding hydrogens is 202 g/mol. The molecule has 0 aromatic heterocycles. The minimum atomic E-state index is -3.25. The fourth-order valence-electron chi connectivity index (χ4n) is 0.647. The summed E-state index contributed by atoms with van der Waals surface area (Å²) in [5.41, 5.74) is 0. The van der Waals surface area contributed by atoms with Crippen LogP contribution in [0.3, 0.4) is 0 Å². The Morgan fingerprint density at radius 1 is 1.58 bits per heavy atom. The average molecular weight is 216 g/mol. The lowest BCUT2D eigenvalue weighted by molar-refractivity contribution is 0.265. The van der Waals surface area contributed by atoms with E-state index in [1.165, 1.54) is 0 Å². The van der Waals surface area contributed by atoms with Crippen LogP contribution in [0.2, 0.25) is 0 Å². The first-order valence-corrected chi connectivity index (χ1v) is 5.87. The summed E-state index contributed by atoms with van der Waals surface area (Å²) in [6.45, 7) is 1.40. The first-order chi connectivity index (χ1) is 5.52. The number of sulfonamides is 1. The summed E-state index contributed by atoms with van der Waals surface area (Å²) in [6.07, 6.45) is 0.426. The molecule has 0 aliphatic carbocycles. The molecule has 0 amide bonds. The van der Waals surface area contributed by atoms with Gasteiger partial charge in [0.05, 0.1) is 12.4 Å². The molecule has 4 nitrogen and oxygen atoms in total. The van der Waals surface area contributed by atoms with E-state index in [-0.39, 0.29) is 12.4 Å². The van der Waals surface area contributed by atoms with Gasteiger partial charge in [-0.25, -0.2) is 13.1 Å². The Hall–Kier alpha value is 0.160. The van der Waals surface area contributed by atoms with Crippen molar-refractivity contribution >= 4 is 21.6 Å². The van der Waals surface area contributed by atoms with E-state index in [0.29, 0.717) is 12.3 Å². The van der Waals surface area contributed by atoms with Crippen LogP contribution in [0.15, 0.2) is 0 Å². The lowest BCUT2D eigenvalue weighted by Gasteiger charge is -2.10. The van der Waals surface area contributed by atoms with Crippen LogP contribution in [-0.4, -0.2) is 37.8 Å². The number of rotatable bonds is 6. The smallest absolute Gasteiger partial charge is 0.211 e. The number of hydrogen-bond donors (Lipinski definition) is 2. The normalized spacial score (nSPS) is 14.6. The predicted octanol–water partition coefficient (Wildman–Crippen LogP) is -0.0845. The van der Waals surface area contributed by atoms with Crippen molar-refractivity contribution < 1.29 is 13.5 Å². The van der Waals surface area contributed by atoms with Gasteiger partial charge in [0.15, 0.2) is 0 Å². The van der Waals surface area contributed by atoms with Crippen molar-refractivity contribution in [3.05, 3.63) is 0 Å². The minimum Gasteiger partial charge on any atom is -0.395 e. The number of halogens is 1. The summed E-state index contributed by atoms with van der Waals surface area (Å²) in [5, 5.41) is 8.57. The van der Waals surface area contributed by atoms with Gasteiger partial charge in [-0.1, -0.05) is 0 Å². The molecule has 0 saturated carbocycles. The van der Waals surface area contributed by atoms with Crippen LogP contribution in [0.25, 0.3) is 0 Å². The van der Waals surface area contributed by atoms with Gasteiger partial charge in [0.1, 0.15) is 0 Å². The molecule has 0 saturated heterocycles. The predicted molar refractivity (Wildman–Crippen MR) is 48.8 cm³/mol. The van der Waals surface area contributed by atoms with E-state index in [2.05, 4.69) is 4.72 Å². The SMILES string of the molecule is CC(CO)NS(=O)(=O)CCCCl. The average Bonchev–Trinajstić information content (AvgIpc) is 2.00. The van der Waals surface area contributed by atoms with Crippen molar-refractivity contribution in [2.75, 3.05) is 18.2 Å². The fraction of sp³-hybridized carbons (Fsp3) is 1.00. The monoisotopic (exact) mass is 215 g/mol. The lowest BCUT2D eigenvalue weighted by atomic mass is 10.4. The molecule has 12 heavy (non-hydrogen) atoms. The highest BCUT2D eigenvalue weighted by molar-refractivity contribution is 7.89. The summed E-state index contributed by atoms with van der Waals surface area (Å²) in [4.78, 5) is 0. The number of aliphatic hydroxyl groups excluding tert-OH is 1. The van der Waals surface area contributed by atoms with Gasteiger partial charge in [-0.3, -0.25) is 0 Å². The summed E-state index contributed by atoms with van der Waals surface area (Å²) < 4.78 is 24.5. The van der Waals surface area contributed by atoms with Gasteiger partial charge < -0.3 is 5.11 Å². The Kier molecular flexibility index (Phi) is 5.82. The summed E-state index contributed by atoms with van der Waals surface area (Å²) in [7, 11) is -3.25. The third-order valence-corrected chi connectivity index (χ3v) is 3.06. The topological polar surface area (TPSA) is 66.4 Å². The van der Waals surface area contributed by atoms with Crippen molar-refractivity contribution in [2.24, 2.45) is 0 Å². The Morgan fingerprint density at radius 2 is 2.17 bits per heavy atom. The van der Waals surface area contributed by atoms with Gasteiger partial charge in [-0.15, -0.1) is 11.6 Å². The van der Waals surface area contributed by atoms with E-state index >= 15 is 0 Å². The molecule has 6 heteroatoms. The first-order valence-electron chi connectivity index (χ1n) is 3.68. The molecule has 0 aromatic carbocycles. The van der Waals surface area contributed by atoms with Crippen molar-refractivity contribution in [1.82, 2.24) is 4.72 Å². The summed E-state index contributed by atoms with van der Waals surface area (Å²) in [5.74, 6) is 0.343. The molecule has 1 unspecified atom stereocenters. The number of alkyl halides is 1. The molecule has 0 spiro atoms. The second-order valence-electron chi connectivity index (χ2n) is 2.56. The zero-order chi connectivity index (χ0) is 9.61. The summed E-state index contributed by atoms with van der Waals surface area (Å²) >= 11 is 5.34. The molecule has 0 heterocycles. The Balaban J connectivity index is 3.88. The third kappa shape index (κ3) is 5.77. The van der Waals surface area contributed by atoms with Crippen molar-refractivity contribution in [3.63, 3.8) is 0 Å². The molecule has 2 N–H and O–H groups in total. The van der Waals surface area contributed by atoms with Crippen LogP contribution in [0, 0.1) is 0 Å². The van der Waals surface area contributed by atoms with Gasteiger partial charge in [0, 0.05) is 11.9 Å². The van der Waals surface area contributed by atoms with Gasteiger partial charge in [0.25, 0.3) is 0 Å². The van der Waals surface area contributed by atoms with E-state index in [0.717, 1.165) is 0 Å². The number of nitrogens with one attached hydrogen (secondary N) is 1. The quantitative estimate of drug-likeness (QED) is 0.609. The summed E-state index contributed by atoms with van der Waals surface area (Å²) in [6, 6.07) is -0.426. The molecule has 0 radical (unpaired) electrons. The van der Waals surface area contributed by atoms with E-state index in [4.69, 9.17) is 16.7 Å². The molecule has 0 rings (SSSR count). The number of aliphatic hydroxyl groups is 1. The molecule has 74 valence electrons. The van der Waals surface area contributed by atoms with Crippen molar-refractivity contribution in [2.45, 2.75) is 19.4 Å². The highest BCUT2D eigenvalue weighted by Crippen LogP contribution is 1.93. The van der Waals surface area contributed by atoms with Gasteiger partial charge in [-0.05, 0) is 13.3 Å². The second-order valence-corrected chi connectivity index (χ2v) is 4.81. The maximum atomic E-state index is 11.1. The standard InChI is InChI=1S/C6H14ClNO3S/c1-6(5-9)8-12(10,11)4-2-3-7/h6,8-9H,2-5H2,1H3. The van der Waals surface area contributed by atoms with Crippen LogP contribution in [-0.2, 0) is 10.0 Å². The van der Waals surface area contributed by atoms with E-state index in [1.54, 1.807) is 6.92 Å². The van der Waals surface area contributed by atoms with Crippen LogP contribution in [0.5, 0.6) is 0 Å². The van der Waals surface area contributed by atoms with Crippen LogP contribution < -0.4 is 4.72 Å². The molecule has 0 fully saturated rings. The Labute approximate surface area is 78.0 Å². The highest BCUT2D eigenvalue weighted by atomic mass is 35.5. The Bertz CT molecular complexity index is 205. The molecule has 0 bridgehead atoms. The molecular formula is C6H14ClNO3S. The van der Waals surface area contributed by atoms with E-state index in [1.807, 2.05) is 0 Å². The first kappa shape index (κ1) is 12.2. The van der Waals surface area contributed by atoms with Crippen molar-refractivity contribution in [3.8, 4) is 0 Å². The Morgan fingerprint density at radius 3 is 2.58 bits per heavy atom. The molecule has 0 aliphatic heterocycles.